The highest BCUT2D eigenvalue weighted by atomic mass is 79.9. The maximum atomic E-state index is 9.84. The van der Waals surface area contributed by atoms with Crippen LogP contribution in [0.15, 0.2) is 21.1 Å². The standard InChI is InChI=1S/C14H21Br2NO3/c1-3-19-4-5-20-9-11(18)8-17-14-12(15)6-10(2)7-13(14)16/h6-7,11,17-18H,3-5,8-9H2,1-2H3. The summed E-state index contributed by atoms with van der Waals surface area (Å²) in [6.45, 7) is 6.43. The molecule has 0 fully saturated rings. The third-order valence-electron chi connectivity index (χ3n) is 2.59. The number of aliphatic hydroxyl groups is 1. The van der Waals surface area contributed by atoms with Crippen molar-refractivity contribution in [3.05, 3.63) is 26.6 Å². The lowest BCUT2D eigenvalue weighted by atomic mass is 10.2. The lowest BCUT2D eigenvalue weighted by Crippen LogP contribution is -2.26. The second-order valence-corrected chi connectivity index (χ2v) is 6.12. The number of aliphatic hydroxyl groups excluding tert-OH is 1. The Morgan fingerprint density at radius 1 is 1.20 bits per heavy atom. The smallest absolute Gasteiger partial charge is 0.0945 e. The number of ether oxygens (including phenoxy) is 2. The minimum atomic E-state index is -0.559. The fourth-order valence-electron chi connectivity index (χ4n) is 1.63. The van der Waals surface area contributed by atoms with E-state index >= 15 is 0 Å². The van der Waals surface area contributed by atoms with Crippen LogP contribution in [0.25, 0.3) is 0 Å². The molecule has 0 bridgehead atoms. The number of anilines is 1. The Labute approximate surface area is 137 Å². The molecule has 2 N–H and O–H groups in total. The van der Waals surface area contributed by atoms with E-state index in [0.29, 0.717) is 33.0 Å². The van der Waals surface area contributed by atoms with Gasteiger partial charge in [-0.05, 0) is 63.4 Å². The predicted molar refractivity (Wildman–Crippen MR) is 88.4 cm³/mol. The van der Waals surface area contributed by atoms with Gasteiger partial charge in [0.05, 0.1) is 31.6 Å². The van der Waals surface area contributed by atoms with Crippen LogP contribution in [0.2, 0.25) is 0 Å². The topological polar surface area (TPSA) is 50.7 Å². The molecule has 0 aromatic heterocycles. The summed E-state index contributed by atoms with van der Waals surface area (Å²) >= 11 is 7.01. The van der Waals surface area contributed by atoms with E-state index in [-0.39, 0.29) is 0 Å². The number of nitrogens with one attached hydrogen (secondary N) is 1. The Morgan fingerprint density at radius 3 is 2.40 bits per heavy atom. The molecule has 0 radical (unpaired) electrons. The van der Waals surface area contributed by atoms with E-state index in [4.69, 9.17) is 9.47 Å². The number of rotatable bonds is 9. The molecule has 4 nitrogen and oxygen atoms in total. The quantitative estimate of drug-likeness (QED) is 0.613. The van der Waals surface area contributed by atoms with Crippen LogP contribution in [-0.2, 0) is 9.47 Å². The van der Waals surface area contributed by atoms with Crippen LogP contribution in [-0.4, -0.2) is 44.2 Å². The van der Waals surface area contributed by atoms with Gasteiger partial charge >= 0.3 is 0 Å². The minimum Gasteiger partial charge on any atom is -0.389 e. The van der Waals surface area contributed by atoms with Crippen molar-refractivity contribution in [1.29, 1.82) is 0 Å². The second kappa shape index (κ2) is 9.73. The molecule has 0 aliphatic rings. The monoisotopic (exact) mass is 409 g/mol. The molecule has 20 heavy (non-hydrogen) atoms. The van der Waals surface area contributed by atoms with Crippen molar-refractivity contribution in [2.24, 2.45) is 0 Å². The third kappa shape index (κ3) is 6.54. The molecule has 0 spiro atoms. The zero-order valence-electron chi connectivity index (χ0n) is 11.8. The van der Waals surface area contributed by atoms with E-state index in [2.05, 4.69) is 37.2 Å². The molecular weight excluding hydrogens is 390 g/mol. The van der Waals surface area contributed by atoms with E-state index in [0.717, 1.165) is 20.2 Å². The van der Waals surface area contributed by atoms with Gasteiger partial charge in [-0.1, -0.05) is 0 Å². The van der Waals surface area contributed by atoms with Gasteiger partial charge in [0.25, 0.3) is 0 Å². The van der Waals surface area contributed by atoms with Crippen molar-refractivity contribution in [3.63, 3.8) is 0 Å². The predicted octanol–water partition coefficient (Wildman–Crippen LogP) is 3.35. The van der Waals surface area contributed by atoms with Crippen molar-refractivity contribution >= 4 is 37.5 Å². The summed E-state index contributed by atoms with van der Waals surface area (Å²) in [6, 6.07) is 4.05. The fraction of sp³-hybridized carbons (Fsp3) is 0.571. The van der Waals surface area contributed by atoms with E-state index in [1.54, 1.807) is 0 Å². The van der Waals surface area contributed by atoms with Crippen LogP contribution in [0.3, 0.4) is 0 Å². The van der Waals surface area contributed by atoms with Crippen LogP contribution in [0, 0.1) is 6.92 Å². The summed E-state index contributed by atoms with van der Waals surface area (Å²) < 4.78 is 12.4. The first-order chi connectivity index (χ1) is 9.54. The van der Waals surface area contributed by atoms with Gasteiger partial charge in [0, 0.05) is 22.1 Å². The molecule has 0 heterocycles. The Bertz CT molecular complexity index is 392. The van der Waals surface area contributed by atoms with Gasteiger partial charge < -0.3 is 19.9 Å². The number of halogens is 2. The Balaban J connectivity index is 2.32. The summed E-state index contributed by atoms with van der Waals surface area (Å²) in [5.41, 5.74) is 2.10. The maximum absolute atomic E-state index is 9.84. The molecule has 0 amide bonds. The van der Waals surface area contributed by atoms with E-state index < -0.39 is 6.10 Å². The Morgan fingerprint density at radius 2 is 1.80 bits per heavy atom. The van der Waals surface area contributed by atoms with Crippen LogP contribution in [0.5, 0.6) is 0 Å². The van der Waals surface area contributed by atoms with Gasteiger partial charge in [-0.2, -0.15) is 0 Å². The first-order valence-electron chi connectivity index (χ1n) is 6.57. The van der Waals surface area contributed by atoms with Gasteiger partial charge in [0.15, 0.2) is 0 Å². The SMILES string of the molecule is CCOCCOCC(O)CNc1c(Br)cc(C)cc1Br. The summed E-state index contributed by atoms with van der Waals surface area (Å²) in [6.07, 6.45) is -0.559. The van der Waals surface area contributed by atoms with Crippen LogP contribution in [0.1, 0.15) is 12.5 Å². The van der Waals surface area contributed by atoms with Crippen LogP contribution in [0.4, 0.5) is 5.69 Å². The molecule has 1 atom stereocenters. The summed E-state index contributed by atoms with van der Waals surface area (Å²) in [5.74, 6) is 0. The molecule has 6 heteroatoms. The van der Waals surface area contributed by atoms with Crippen molar-refractivity contribution in [1.82, 2.24) is 0 Å². The number of aryl methyl sites for hydroxylation is 1. The molecule has 0 aliphatic carbocycles. The van der Waals surface area contributed by atoms with E-state index in [9.17, 15) is 5.11 Å². The van der Waals surface area contributed by atoms with Crippen LogP contribution >= 0.6 is 31.9 Å². The Kier molecular flexibility index (Phi) is 8.72. The van der Waals surface area contributed by atoms with Gasteiger partial charge in [0.1, 0.15) is 0 Å². The van der Waals surface area contributed by atoms with E-state index in [1.165, 1.54) is 0 Å². The molecule has 1 aromatic carbocycles. The van der Waals surface area contributed by atoms with Crippen molar-refractivity contribution in [3.8, 4) is 0 Å². The van der Waals surface area contributed by atoms with Crippen molar-refractivity contribution in [2.75, 3.05) is 38.3 Å². The molecule has 0 saturated carbocycles. The summed E-state index contributed by atoms with van der Waals surface area (Å²) in [7, 11) is 0. The normalized spacial score (nSPS) is 12.4. The zero-order valence-corrected chi connectivity index (χ0v) is 15.0. The summed E-state index contributed by atoms with van der Waals surface area (Å²) in [4.78, 5) is 0. The van der Waals surface area contributed by atoms with Crippen LogP contribution < -0.4 is 5.32 Å². The average Bonchev–Trinajstić information content (AvgIpc) is 2.37. The molecular formula is C14H21Br2NO3. The first kappa shape index (κ1) is 17.9. The van der Waals surface area contributed by atoms with E-state index in [1.807, 2.05) is 26.0 Å². The zero-order chi connectivity index (χ0) is 15.0. The second-order valence-electron chi connectivity index (χ2n) is 4.41. The average molecular weight is 411 g/mol. The fourth-order valence-corrected chi connectivity index (χ4v) is 3.32. The van der Waals surface area contributed by atoms with Gasteiger partial charge in [-0.3, -0.25) is 0 Å². The number of benzene rings is 1. The minimum absolute atomic E-state index is 0.293. The largest absolute Gasteiger partial charge is 0.389 e. The maximum Gasteiger partial charge on any atom is 0.0945 e. The van der Waals surface area contributed by atoms with Gasteiger partial charge in [0.2, 0.25) is 0 Å². The first-order valence-corrected chi connectivity index (χ1v) is 8.16. The number of hydrogen-bond donors (Lipinski definition) is 2. The number of hydrogen-bond acceptors (Lipinski definition) is 4. The van der Waals surface area contributed by atoms with Gasteiger partial charge in [-0.15, -0.1) is 0 Å². The highest BCUT2D eigenvalue weighted by molar-refractivity contribution is 9.11. The molecule has 1 aromatic rings. The lowest BCUT2D eigenvalue weighted by Gasteiger charge is -2.16. The third-order valence-corrected chi connectivity index (χ3v) is 3.84. The highest BCUT2D eigenvalue weighted by Gasteiger charge is 2.09. The molecule has 0 aliphatic heterocycles. The van der Waals surface area contributed by atoms with Crippen molar-refractivity contribution in [2.45, 2.75) is 20.0 Å². The van der Waals surface area contributed by atoms with Crippen molar-refractivity contribution < 1.29 is 14.6 Å². The molecule has 0 saturated heterocycles. The highest BCUT2D eigenvalue weighted by Crippen LogP contribution is 2.32. The molecule has 114 valence electrons. The lowest BCUT2D eigenvalue weighted by molar-refractivity contribution is 0.0103. The molecule has 1 unspecified atom stereocenters. The van der Waals surface area contributed by atoms with Gasteiger partial charge in [-0.25, -0.2) is 0 Å². The molecule has 1 rings (SSSR count). The summed E-state index contributed by atoms with van der Waals surface area (Å²) in [5, 5.41) is 13.0. The Hall–Kier alpha value is -0.140.